The maximum atomic E-state index is 5.65. The highest BCUT2D eigenvalue weighted by Crippen LogP contribution is 2.27. The summed E-state index contributed by atoms with van der Waals surface area (Å²) in [5, 5.41) is 3.59. The number of nitrogens with zero attached hydrogens (tertiary/aromatic N) is 1. The first-order valence-electron chi connectivity index (χ1n) is 8.21. The lowest BCUT2D eigenvalue weighted by Gasteiger charge is -2.37. The fourth-order valence-electron chi connectivity index (χ4n) is 3.41. The molecule has 112 valence electrons. The van der Waals surface area contributed by atoms with Crippen molar-refractivity contribution in [2.75, 3.05) is 26.7 Å². The van der Waals surface area contributed by atoms with Gasteiger partial charge in [0.05, 0.1) is 6.10 Å². The average molecular weight is 268 g/mol. The van der Waals surface area contributed by atoms with E-state index in [9.17, 15) is 0 Å². The van der Waals surface area contributed by atoms with Crippen LogP contribution in [0.2, 0.25) is 0 Å². The Kier molecular flexibility index (Phi) is 6.11. The van der Waals surface area contributed by atoms with Crippen LogP contribution < -0.4 is 5.32 Å². The summed E-state index contributed by atoms with van der Waals surface area (Å²) in [7, 11) is 2.30. The van der Waals surface area contributed by atoms with E-state index in [1.54, 1.807) is 0 Å². The third-order valence-corrected chi connectivity index (χ3v) is 5.09. The summed E-state index contributed by atoms with van der Waals surface area (Å²) >= 11 is 0. The predicted molar refractivity (Wildman–Crippen MR) is 80.5 cm³/mol. The number of hydrogen-bond acceptors (Lipinski definition) is 3. The van der Waals surface area contributed by atoms with Gasteiger partial charge in [-0.25, -0.2) is 0 Å². The molecule has 0 amide bonds. The van der Waals surface area contributed by atoms with Crippen molar-refractivity contribution in [3.8, 4) is 0 Å². The van der Waals surface area contributed by atoms with Gasteiger partial charge in [-0.05, 0) is 58.4 Å². The molecule has 2 aliphatic rings. The maximum absolute atomic E-state index is 5.65. The molecule has 1 saturated carbocycles. The molecule has 2 rings (SSSR count). The minimum atomic E-state index is 0.466. The molecule has 1 N–H and O–H groups in total. The zero-order valence-corrected chi connectivity index (χ0v) is 13.0. The molecule has 1 aliphatic carbocycles. The van der Waals surface area contributed by atoms with Gasteiger partial charge in [-0.15, -0.1) is 0 Å². The molecule has 0 radical (unpaired) electrons. The first-order valence-corrected chi connectivity index (χ1v) is 8.21. The topological polar surface area (TPSA) is 24.5 Å². The van der Waals surface area contributed by atoms with Gasteiger partial charge in [-0.1, -0.05) is 6.92 Å². The second-order valence-electron chi connectivity index (χ2n) is 6.72. The first-order chi connectivity index (χ1) is 9.16. The highest BCUT2D eigenvalue weighted by molar-refractivity contribution is 4.80. The van der Waals surface area contributed by atoms with Crippen LogP contribution in [0, 0.1) is 5.92 Å². The molecular weight excluding hydrogens is 236 g/mol. The molecule has 1 aliphatic heterocycles. The Labute approximate surface area is 119 Å². The van der Waals surface area contributed by atoms with Crippen LogP contribution in [0.3, 0.4) is 0 Å². The Morgan fingerprint density at radius 3 is 2.58 bits per heavy atom. The second kappa shape index (κ2) is 7.61. The molecule has 3 heteroatoms. The van der Waals surface area contributed by atoms with Gasteiger partial charge in [-0.2, -0.15) is 0 Å². The summed E-state index contributed by atoms with van der Waals surface area (Å²) in [6.45, 7) is 7.81. The van der Waals surface area contributed by atoms with Crippen molar-refractivity contribution in [1.29, 1.82) is 0 Å². The normalized spacial score (nSPS) is 33.8. The van der Waals surface area contributed by atoms with Crippen LogP contribution in [-0.2, 0) is 4.74 Å². The van der Waals surface area contributed by atoms with E-state index in [0.717, 1.165) is 31.7 Å². The Hall–Kier alpha value is -0.120. The van der Waals surface area contributed by atoms with Crippen molar-refractivity contribution in [3.63, 3.8) is 0 Å². The fraction of sp³-hybridized carbons (Fsp3) is 1.00. The Morgan fingerprint density at radius 1 is 1.21 bits per heavy atom. The van der Waals surface area contributed by atoms with Gasteiger partial charge in [0.2, 0.25) is 0 Å². The predicted octanol–water partition coefficient (Wildman–Crippen LogP) is 2.65. The third kappa shape index (κ3) is 4.73. The Bertz CT molecular complexity index is 245. The Balaban J connectivity index is 1.62. The van der Waals surface area contributed by atoms with E-state index >= 15 is 0 Å². The van der Waals surface area contributed by atoms with Gasteiger partial charge in [0.15, 0.2) is 0 Å². The molecule has 0 aromatic heterocycles. The van der Waals surface area contributed by atoms with Crippen molar-refractivity contribution in [2.45, 2.75) is 70.6 Å². The molecule has 19 heavy (non-hydrogen) atoms. The summed E-state index contributed by atoms with van der Waals surface area (Å²) in [6, 6.07) is 1.43. The van der Waals surface area contributed by atoms with E-state index in [1.807, 2.05) is 0 Å². The lowest BCUT2D eigenvalue weighted by Crippen LogP contribution is -2.46. The first kappa shape index (κ1) is 15.3. The zero-order chi connectivity index (χ0) is 13.7. The molecule has 2 unspecified atom stereocenters. The van der Waals surface area contributed by atoms with Crippen molar-refractivity contribution >= 4 is 0 Å². The summed E-state index contributed by atoms with van der Waals surface area (Å²) in [6.07, 6.45) is 8.52. The summed E-state index contributed by atoms with van der Waals surface area (Å²) < 4.78 is 5.65. The summed E-state index contributed by atoms with van der Waals surface area (Å²) in [5.41, 5.74) is 0. The van der Waals surface area contributed by atoms with Crippen molar-refractivity contribution in [3.05, 3.63) is 0 Å². The number of ether oxygens (including phenoxy) is 1. The van der Waals surface area contributed by atoms with E-state index in [1.165, 1.54) is 38.5 Å². The quantitative estimate of drug-likeness (QED) is 0.801. The SMILES string of the molecule is CC1CCC(N(C)C(C)CNCC2CCCO2)CC1. The van der Waals surface area contributed by atoms with Gasteiger partial charge in [-0.3, -0.25) is 4.90 Å². The molecule has 3 nitrogen and oxygen atoms in total. The third-order valence-electron chi connectivity index (χ3n) is 5.09. The maximum Gasteiger partial charge on any atom is 0.0700 e. The minimum absolute atomic E-state index is 0.466. The van der Waals surface area contributed by atoms with Gasteiger partial charge in [0.25, 0.3) is 0 Å². The summed E-state index contributed by atoms with van der Waals surface area (Å²) in [5.74, 6) is 0.942. The molecule has 1 heterocycles. The lowest BCUT2D eigenvalue weighted by molar-refractivity contribution is 0.101. The van der Waals surface area contributed by atoms with E-state index < -0.39 is 0 Å². The van der Waals surface area contributed by atoms with Crippen LogP contribution in [0.25, 0.3) is 0 Å². The van der Waals surface area contributed by atoms with Crippen molar-refractivity contribution in [2.24, 2.45) is 5.92 Å². The van der Waals surface area contributed by atoms with Gasteiger partial charge in [0, 0.05) is 31.8 Å². The van der Waals surface area contributed by atoms with Gasteiger partial charge < -0.3 is 10.1 Å². The van der Waals surface area contributed by atoms with E-state index in [2.05, 4.69) is 31.1 Å². The number of likely N-dealkylation sites (N-methyl/N-ethyl adjacent to an activating group) is 1. The number of rotatable bonds is 6. The minimum Gasteiger partial charge on any atom is -0.377 e. The number of nitrogens with one attached hydrogen (secondary N) is 1. The average Bonchev–Trinajstić information content (AvgIpc) is 2.92. The van der Waals surface area contributed by atoms with E-state index in [0.29, 0.717) is 12.1 Å². The van der Waals surface area contributed by atoms with Crippen molar-refractivity contribution < 1.29 is 4.74 Å². The standard InChI is InChI=1S/C16H32N2O/c1-13-6-8-15(9-7-13)18(3)14(2)11-17-12-16-5-4-10-19-16/h13-17H,4-12H2,1-3H3. The molecule has 2 atom stereocenters. The van der Waals surface area contributed by atoms with Crippen LogP contribution in [0.15, 0.2) is 0 Å². The van der Waals surface area contributed by atoms with E-state index in [-0.39, 0.29) is 0 Å². The van der Waals surface area contributed by atoms with Crippen LogP contribution in [0.4, 0.5) is 0 Å². The zero-order valence-electron chi connectivity index (χ0n) is 13.0. The Morgan fingerprint density at radius 2 is 1.95 bits per heavy atom. The second-order valence-corrected chi connectivity index (χ2v) is 6.72. The smallest absolute Gasteiger partial charge is 0.0700 e. The van der Waals surface area contributed by atoms with Crippen LogP contribution in [-0.4, -0.2) is 49.8 Å². The molecule has 0 aromatic rings. The van der Waals surface area contributed by atoms with Crippen LogP contribution in [0.1, 0.15) is 52.4 Å². The van der Waals surface area contributed by atoms with Crippen molar-refractivity contribution in [1.82, 2.24) is 10.2 Å². The largest absolute Gasteiger partial charge is 0.377 e. The van der Waals surface area contributed by atoms with Gasteiger partial charge >= 0.3 is 0 Å². The molecule has 0 bridgehead atoms. The van der Waals surface area contributed by atoms with Gasteiger partial charge in [0.1, 0.15) is 0 Å². The molecule has 0 spiro atoms. The highest BCUT2D eigenvalue weighted by Gasteiger charge is 2.24. The number of hydrogen-bond donors (Lipinski definition) is 1. The monoisotopic (exact) mass is 268 g/mol. The molecule has 2 fully saturated rings. The molecular formula is C16H32N2O. The molecule has 0 aromatic carbocycles. The fourth-order valence-corrected chi connectivity index (χ4v) is 3.41. The summed E-state index contributed by atoms with van der Waals surface area (Å²) in [4.78, 5) is 2.59. The highest BCUT2D eigenvalue weighted by atomic mass is 16.5. The van der Waals surface area contributed by atoms with Crippen LogP contribution >= 0.6 is 0 Å². The van der Waals surface area contributed by atoms with E-state index in [4.69, 9.17) is 4.74 Å². The van der Waals surface area contributed by atoms with Crippen LogP contribution in [0.5, 0.6) is 0 Å². The lowest BCUT2D eigenvalue weighted by atomic mass is 9.86. The molecule has 1 saturated heterocycles.